The van der Waals surface area contributed by atoms with Crippen molar-refractivity contribution in [2.24, 2.45) is 0 Å². The predicted octanol–water partition coefficient (Wildman–Crippen LogP) is 1.35. The standard InChI is InChI=1S/C16H21N5O/c1-3-19-8-10-20(11-9-19)16(22)15-17-12-21(18-15)14-7-5-4-6-13(14)2/h4-7,12H,3,8-11H2,1-2H3. The molecule has 6 nitrogen and oxygen atoms in total. The van der Waals surface area contributed by atoms with Gasteiger partial charge in [0.1, 0.15) is 6.33 Å². The first-order valence-corrected chi connectivity index (χ1v) is 7.68. The molecule has 0 N–H and O–H groups in total. The van der Waals surface area contributed by atoms with Crippen molar-refractivity contribution >= 4 is 5.91 Å². The average molecular weight is 299 g/mol. The molecule has 1 aromatic carbocycles. The molecule has 1 amide bonds. The molecular formula is C16H21N5O. The van der Waals surface area contributed by atoms with E-state index in [1.807, 2.05) is 36.1 Å². The highest BCUT2D eigenvalue weighted by Crippen LogP contribution is 2.12. The molecule has 0 bridgehead atoms. The quantitative estimate of drug-likeness (QED) is 0.858. The van der Waals surface area contributed by atoms with Crippen molar-refractivity contribution in [2.75, 3.05) is 32.7 Å². The fourth-order valence-corrected chi connectivity index (χ4v) is 2.71. The predicted molar refractivity (Wildman–Crippen MR) is 84.1 cm³/mol. The Balaban J connectivity index is 1.74. The average Bonchev–Trinajstić information content (AvgIpc) is 3.04. The number of aromatic nitrogens is 3. The minimum atomic E-state index is -0.0805. The zero-order valence-electron chi connectivity index (χ0n) is 13.1. The van der Waals surface area contributed by atoms with E-state index < -0.39 is 0 Å². The van der Waals surface area contributed by atoms with Gasteiger partial charge < -0.3 is 9.80 Å². The van der Waals surface area contributed by atoms with Crippen LogP contribution in [0, 0.1) is 6.92 Å². The number of carbonyl (C=O) groups excluding carboxylic acids is 1. The maximum Gasteiger partial charge on any atom is 0.293 e. The monoisotopic (exact) mass is 299 g/mol. The maximum atomic E-state index is 12.5. The van der Waals surface area contributed by atoms with Gasteiger partial charge in [-0.25, -0.2) is 9.67 Å². The Labute approximate surface area is 130 Å². The second kappa shape index (κ2) is 6.27. The number of piperazine rings is 1. The molecule has 2 heterocycles. The van der Waals surface area contributed by atoms with Crippen molar-refractivity contribution < 1.29 is 4.79 Å². The first-order valence-electron chi connectivity index (χ1n) is 7.68. The summed E-state index contributed by atoms with van der Waals surface area (Å²) in [6.07, 6.45) is 1.61. The van der Waals surface area contributed by atoms with E-state index in [1.54, 1.807) is 11.0 Å². The summed E-state index contributed by atoms with van der Waals surface area (Å²) < 4.78 is 1.67. The van der Waals surface area contributed by atoms with Gasteiger partial charge in [-0.3, -0.25) is 4.79 Å². The molecule has 0 radical (unpaired) electrons. The van der Waals surface area contributed by atoms with Crippen LogP contribution in [0.2, 0.25) is 0 Å². The number of hydrogen-bond acceptors (Lipinski definition) is 4. The first-order chi connectivity index (χ1) is 10.7. The van der Waals surface area contributed by atoms with Crippen molar-refractivity contribution in [2.45, 2.75) is 13.8 Å². The van der Waals surface area contributed by atoms with Crippen molar-refractivity contribution in [3.8, 4) is 5.69 Å². The Morgan fingerprint density at radius 1 is 1.18 bits per heavy atom. The van der Waals surface area contributed by atoms with Crippen LogP contribution in [0.1, 0.15) is 23.1 Å². The number of benzene rings is 1. The Morgan fingerprint density at radius 3 is 2.59 bits per heavy atom. The van der Waals surface area contributed by atoms with Gasteiger partial charge in [-0.1, -0.05) is 25.1 Å². The van der Waals surface area contributed by atoms with Gasteiger partial charge in [0.05, 0.1) is 5.69 Å². The number of carbonyl (C=O) groups is 1. The summed E-state index contributed by atoms with van der Waals surface area (Å²) in [5, 5.41) is 4.36. The van der Waals surface area contributed by atoms with Gasteiger partial charge in [-0.15, -0.1) is 5.10 Å². The third kappa shape index (κ3) is 2.87. The van der Waals surface area contributed by atoms with Gasteiger partial charge in [0, 0.05) is 26.2 Å². The van der Waals surface area contributed by atoms with Gasteiger partial charge in [-0.05, 0) is 25.1 Å². The molecule has 1 aliphatic heterocycles. The fourth-order valence-electron chi connectivity index (χ4n) is 2.71. The molecule has 6 heteroatoms. The molecule has 116 valence electrons. The van der Waals surface area contributed by atoms with E-state index in [9.17, 15) is 4.79 Å². The van der Waals surface area contributed by atoms with Crippen LogP contribution in [-0.4, -0.2) is 63.2 Å². The zero-order valence-corrected chi connectivity index (χ0v) is 13.1. The van der Waals surface area contributed by atoms with Gasteiger partial charge in [0.2, 0.25) is 5.82 Å². The summed E-state index contributed by atoms with van der Waals surface area (Å²) in [5.41, 5.74) is 2.05. The molecule has 0 saturated carbocycles. The molecule has 2 aromatic rings. The highest BCUT2D eigenvalue weighted by Gasteiger charge is 2.24. The lowest BCUT2D eigenvalue weighted by atomic mass is 10.2. The van der Waals surface area contributed by atoms with Crippen LogP contribution >= 0.6 is 0 Å². The van der Waals surface area contributed by atoms with Crippen molar-refractivity contribution in [1.29, 1.82) is 0 Å². The van der Waals surface area contributed by atoms with Crippen LogP contribution in [0.15, 0.2) is 30.6 Å². The molecule has 1 fully saturated rings. The van der Waals surface area contributed by atoms with Crippen LogP contribution in [0.3, 0.4) is 0 Å². The minimum absolute atomic E-state index is 0.0805. The SMILES string of the molecule is CCN1CCN(C(=O)c2ncn(-c3ccccc3C)n2)CC1. The summed E-state index contributed by atoms with van der Waals surface area (Å²) in [5.74, 6) is 0.191. The molecule has 3 rings (SSSR count). The van der Waals surface area contributed by atoms with Crippen LogP contribution in [0.4, 0.5) is 0 Å². The minimum Gasteiger partial charge on any atom is -0.333 e. The van der Waals surface area contributed by atoms with E-state index in [1.165, 1.54) is 0 Å². The lowest BCUT2D eigenvalue weighted by molar-refractivity contribution is 0.0631. The Hall–Kier alpha value is -2.21. The molecule has 0 atom stereocenters. The van der Waals surface area contributed by atoms with E-state index >= 15 is 0 Å². The van der Waals surface area contributed by atoms with E-state index in [-0.39, 0.29) is 11.7 Å². The highest BCUT2D eigenvalue weighted by atomic mass is 16.2. The fraction of sp³-hybridized carbons (Fsp3) is 0.438. The Kier molecular flexibility index (Phi) is 4.20. The summed E-state index contributed by atoms with van der Waals surface area (Å²) in [6, 6.07) is 7.92. The molecule has 1 aromatic heterocycles. The van der Waals surface area contributed by atoms with E-state index in [4.69, 9.17) is 0 Å². The second-order valence-electron chi connectivity index (χ2n) is 5.53. The van der Waals surface area contributed by atoms with Gasteiger partial charge in [0.15, 0.2) is 0 Å². The van der Waals surface area contributed by atoms with E-state index in [2.05, 4.69) is 21.9 Å². The van der Waals surface area contributed by atoms with Crippen LogP contribution < -0.4 is 0 Å². The Morgan fingerprint density at radius 2 is 1.91 bits per heavy atom. The van der Waals surface area contributed by atoms with Gasteiger partial charge in [0.25, 0.3) is 5.91 Å². The van der Waals surface area contributed by atoms with E-state index in [0.29, 0.717) is 0 Å². The topological polar surface area (TPSA) is 54.3 Å². The van der Waals surface area contributed by atoms with Gasteiger partial charge in [-0.2, -0.15) is 0 Å². The summed E-state index contributed by atoms with van der Waals surface area (Å²) in [7, 11) is 0. The molecule has 0 unspecified atom stereocenters. The first kappa shape index (κ1) is 14.7. The lowest BCUT2D eigenvalue weighted by Crippen LogP contribution is -2.48. The number of hydrogen-bond donors (Lipinski definition) is 0. The molecule has 1 aliphatic rings. The number of aryl methyl sites for hydroxylation is 1. The molecule has 0 aliphatic carbocycles. The molecule has 22 heavy (non-hydrogen) atoms. The molecular weight excluding hydrogens is 278 g/mol. The number of rotatable bonds is 3. The largest absolute Gasteiger partial charge is 0.333 e. The third-order valence-corrected chi connectivity index (χ3v) is 4.15. The lowest BCUT2D eigenvalue weighted by Gasteiger charge is -2.33. The van der Waals surface area contributed by atoms with Crippen LogP contribution in [0.25, 0.3) is 5.69 Å². The summed E-state index contributed by atoms with van der Waals surface area (Å²) in [6.45, 7) is 8.51. The van der Waals surface area contributed by atoms with Crippen molar-refractivity contribution in [3.05, 3.63) is 42.0 Å². The maximum absolute atomic E-state index is 12.5. The van der Waals surface area contributed by atoms with Crippen LogP contribution in [-0.2, 0) is 0 Å². The Bertz CT molecular complexity index is 658. The summed E-state index contributed by atoms with van der Waals surface area (Å²) >= 11 is 0. The number of likely N-dealkylation sites (N-methyl/N-ethyl adjacent to an activating group) is 1. The van der Waals surface area contributed by atoms with Crippen molar-refractivity contribution in [1.82, 2.24) is 24.6 Å². The molecule has 1 saturated heterocycles. The van der Waals surface area contributed by atoms with E-state index in [0.717, 1.165) is 44.0 Å². The normalized spacial score (nSPS) is 16.0. The molecule has 0 spiro atoms. The smallest absolute Gasteiger partial charge is 0.293 e. The number of amides is 1. The zero-order chi connectivity index (χ0) is 15.5. The highest BCUT2D eigenvalue weighted by molar-refractivity contribution is 5.90. The second-order valence-corrected chi connectivity index (χ2v) is 5.53. The number of para-hydroxylation sites is 1. The van der Waals surface area contributed by atoms with Crippen LogP contribution in [0.5, 0.6) is 0 Å². The number of nitrogens with zero attached hydrogens (tertiary/aromatic N) is 5. The summed E-state index contributed by atoms with van der Waals surface area (Å²) in [4.78, 5) is 20.9. The van der Waals surface area contributed by atoms with Gasteiger partial charge >= 0.3 is 0 Å². The van der Waals surface area contributed by atoms with Crippen molar-refractivity contribution in [3.63, 3.8) is 0 Å². The third-order valence-electron chi connectivity index (χ3n) is 4.15.